The van der Waals surface area contributed by atoms with Crippen molar-refractivity contribution in [2.45, 2.75) is 57.1 Å². The zero-order chi connectivity index (χ0) is 12.9. The van der Waals surface area contributed by atoms with Crippen LogP contribution < -0.4 is 5.32 Å². The van der Waals surface area contributed by atoms with Gasteiger partial charge >= 0.3 is 0 Å². The van der Waals surface area contributed by atoms with Gasteiger partial charge in [-0.2, -0.15) is 0 Å². The van der Waals surface area contributed by atoms with Crippen LogP contribution in [0, 0.1) is 0 Å². The van der Waals surface area contributed by atoms with Gasteiger partial charge in [0.1, 0.15) is 0 Å². The fraction of sp³-hybridized carbons (Fsp3) is 0.647. The van der Waals surface area contributed by atoms with Crippen molar-refractivity contribution < 1.29 is 4.74 Å². The number of ether oxygens (including phenoxy) is 1. The molecule has 0 aromatic heterocycles. The monoisotopic (exact) mass is 259 g/mol. The van der Waals surface area contributed by atoms with Crippen LogP contribution in [0.1, 0.15) is 55.8 Å². The first-order valence-electron chi connectivity index (χ1n) is 7.86. The molecule has 19 heavy (non-hydrogen) atoms. The van der Waals surface area contributed by atoms with E-state index in [0.717, 1.165) is 19.2 Å². The molecule has 1 atom stereocenters. The van der Waals surface area contributed by atoms with E-state index < -0.39 is 0 Å². The van der Waals surface area contributed by atoms with Crippen LogP contribution in [0.25, 0.3) is 0 Å². The Morgan fingerprint density at radius 1 is 1.05 bits per heavy atom. The van der Waals surface area contributed by atoms with Crippen molar-refractivity contribution in [1.82, 2.24) is 5.32 Å². The molecule has 1 aromatic carbocycles. The van der Waals surface area contributed by atoms with Gasteiger partial charge in [-0.3, -0.25) is 0 Å². The summed E-state index contributed by atoms with van der Waals surface area (Å²) in [7, 11) is 0. The number of nitrogens with one attached hydrogen (secondary N) is 1. The highest BCUT2D eigenvalue weighted by atomic mass is 16.5. The summed E-state index contributed by atoms with van der Waals surface area (Å²) in [6, 6.07) is 9.52. The van der Waals surface area contributed by atoms with E-state index in [9.17, 15) is 0 Å². The van der Waals surface area contributed by atoms with E-state index in [-0.39, 0.29) is 0 Å². The van der Waals surface area contributed by atoms with Crippen molar-refractivity contribution in [3.05, 3.63) is 35.4 Å². The molecule has 2 heteroatoms. The van der Waals surface area contributed by atoms with Gasteiger partial charge in [-0.1, -0.05) is 37.1 Å². The van der Waals surface area contributed by atoms with Crippen molar-refractivity contribution in [2.24, 2.45) is 0 Å². The second-order valence-corrected chi connectivity index (χ2v) is 5.89. The maximum Gasteiger partial charge on any atom is 0.0828 e. The van der Waals surface area contributed by atoms with Gasteiger partial charge in [-0.05, 0) is 43.2 Å². The van der Waals surface area contributed by atoms with E-state index in [2.05, 4.69) is 29.6 Å². The third-order valence-corrected chi connectivity index (χ3v) is 4.52. The lowest BCUT2D eigenvalue weighted by Gasteiger charge is -2.26. The first kappa shape index (κ1) is 13.1. The summed E-state index contributed by atoms with van der Waals surface area (Å²) >= 11 is 0. The Bertz CT molecular complexity index is 398. The van der Waals surface area contributed by atoms with Gasteiger partial charge in [0.15, 0.2) is 0 Å². The number of hydrogen-bond acceptors (Lipinski definition) is 2. The van der Waals surface area contributed by atoms with Crippen molar-refractivity contribution in [3.63, 3.8) is 0 Å². The Morgan fingerprint density at radius 3 is 2.79 bits per heavy atom. The largest absolute Gasteiger partial charge is 0.372 e. The van der Waals surface area contributed by atoms with Gasteiger partial charge in [0, 0.05) is 12.6 Å². The molecule has 1 aromatic rings. The Kier molecular flexibility index (Phi) is 4.52. The molecular formula is C17H25NO. The molecule has 2 nitrogen and oxygen atoms in total. The number of hydrogen-bond donors (Lipinski definition) is 1. The fourth-order valence-electron chi connectivity index (χ4n) is 3.48. The quantitative estimate of drug-likeness (QED) is 0.816. The molecule has 1 fully saturated rings. The third kappa shape index (κ3) is 3.37. The minimum absolute atomic E-state index is 0.329. The Hall–Kier alpha value is -0.860. The van der Waals surface area contributed by atoms with Crippen LogP contribution in [0.2, 0.25) is 0 Å². The molecule has 1 saturated carbocycles. The normalized spacial score (nSPS) is 23.5. The molecule has 0 bridgehead atoms. The fourth-order valence-corrected chi connectivity index (χ4v) is 3.48. The standard InChI is InChI=1S/C17H25NO/c1-4-10-16-14(6-1)7-5-11-17(16)19-13-12-18-15-8-2-3-9-15/h1,4,6,10,15,17-18H,2-3,5,7-9,11-13H2. The lowest BCUT2D eigenvalue weighted by atomic mass is 9.89. The van der Waals surface area contributed by atoms with E-state index in [1.165, 1.54) is 56.1 Å². The molecule has 2 aliphatic carbocycles. The highest BCUT2D eigenvalue weighted by Crippen LogP contribution is 2.32. The highest BCUT2D eigenvalue weighted by Gasteiger charge is 2.20. The molecule has 0 spiro atoms. The Labute approximate surface area is 116 Å². The molecule has 0 aliphatic heterocycles. The van der Waals surface area contributed by atoms with Crippen LogP contribution in [0.5, 0.6) is 0 Å². The number of fused-ring (bicyclic) bond motifs is 1. The number of benzene rings is 1. The second kappa shape index (κ2) is 6.53. The van der Waals surface area contributed by atoms with Crippen LogP contribution in [-0.2, 0) is 11.2 Å². The third-order valence-electron chi connectivity index (χ3n) is 4.52. The minimum Gasteiger partial charge on any atom is -0.372 e. The summed E-state index contributed by atoms with van der Waals surface area (Å²) in [5.74, 6) is 0. The zero-order valence-electron chi connectivity index (χ0n) is 11.7. The van der Waals surface area contributed by atoms with E-state index in [4.69, 9.17) is 4.74 Å². The summed E-state index contributed by atoms with van der Waals surface area (Å²) in [6.45, 7) is 1.85. The molecule has 0 amide bonds. The van der Waals surface area contributed by atoms with Gasteiger partial charge in [0.2, 0.25) is 0 Å². The SMILES string of the molecule is c1ccc2c(c1)CCCC2OCCNC1CCCC1. The first-order chi connectivity index (χ1) is 9.43. The molecule has 0 saturated heterocycles. The van der Waals surface area contributed by atoms with E-state index in [1.54, 1.807) is 0 Å². The van der Waals surface area contributed by atoms with Crippen LogP contribution >= 0.6 is 0 Å². The molecule has 0 radical (unpaired) electrons. The van der Waals surface area contributed by atoms with Gasteiger partial charge in [-0.15, -0.1) is 0 Å². The van der Waals surface area contributed by atoms with Crippen molar-refractivity contribution in [3.8, 4) is 0 Å². The lowest BCUT2D eigenvalue weighted by molar-refractivity contribution is 0.0416. The predicted molar refractivity (Wildman–Crippen MR) is 78.3 cm³/mol. The number of rotatable bonds is 5. The zero-order valence-corrected chi connectivity index (χ0v) is 11.7. The second-order valence-electron chi connectivity index (χ2n) is 5.89. The molecule has 3 rings (SSSR count). The van der Waals surface area contributed by atoms with Crippen LogP contribution in [0.3, 0.4) is 0 Å². The van der Waals surface area contributed by atoms with Crippen molar-refractivity contribution in [2.75, 3.05) is 13.2 Å². The van der Waals surface area contributed by atoms with Gasteiger partial charge in [0.05, 0.1) is 12.7 Å². The van der Waals surface area contributed by atoms with E-state index in [0.29, 0.717) is 6.10 Å². The smallest absolute Gasteiger partial charge is 0.0828 e. The highest BCUT2D eigenvalue weighted by molar-refractivity contribution is 5.31. The van der Waals surface area contributed by atoms with Crippen LogP contribution in [0.15, 0.2) is 24.3 Å². The summed E-state index contributed by atoms with van der Waals surface area (Å²) in [5.41, 5.74) is 2.91. The van der Waals surface area contributed by atoms with Crippen molar-refractivity contribution in [1.29, 1.82) is 0 Å². The van der Waals surface area contributed by atoms with Crippen molar-refractivity contribution >= 4 is 0 Å². The molecule has 104 valence electrons. The molecule has 0 heterocycles. The maximum absolute atomic E-state index is 6.11. The maximum atomic E-state index is 6.11. The molecule has 2 aliphatic rings. The van der Waals surface area contributed by atoms with Gasteiger partial charge < -0.3 is 10.1 Å². The Morgan fingerprint density at radius 2 is 1.89 bits per heavy atom. The average Bonchev–Trinajstić information content (AvgIpc) is 2.97. The number of aryl methyl sites for hydroxylation is 1. The molecular weight excluding hydrogens is 234 g/mol. The molecule has 1 unspecified atom stereocenters. The predicted octanol–water partition coefficient (Wildman–Crippen LogP) is 3.61. The topological polar surface area (TPSA) is 21.3 Å². The minimum atomic E-state index is 0.329. The van der Waals surface area contributed by atoms with Crippen LogP contribution in [-0.4, -0.2) is 19.2 Å². The lowest BCUT2D eigenvalue weighted by Crippen LogP contribution is -2.30. The summed E-state index contributed by atoms with van der Waals surface area (Å²) in [4.78, 5) is 0. The molecule has 1 N–H and O–H groups in total. The summed E-state index contributed by atoms with van der Waals surface area (Å²) in [6.07, 6.45) is 9.49. The van der Waals surface area contributed by atoms with E-state index in [1.807, 2.05) is 0 Å². The first-order valence-corrected chi connectivity index (χ1v) is 7.86. The summed E-state index contributed by atoms with van der Waals surface area (Å²) < 4.78 is 6.11. The van der Waals surface area contributed by atoms with Crippen LogP contribution in [0.4, 0.5) is 0 Å². The Balaban J connectivity index is 1.45. The average molecular weight is 259 g/mol. The van der Waals surface area contributed by atoms with Gasteiger partial charge in [0.25, 0.3) is 0 Å². The van der Waals surface area contributed by atoms with E-state index >= 15 is 0 Å². The summed E-state index contributed by atoms with van der Waals surface area (Å²) in [5, 5.41) is 3.62. The van der Waals surface area contributed by atoms with Gasteiger partial charge in [-0.25, -0.2) is 0 Å².